The molecule has 2 rings (SSSR count). The SMILES string of the molecule is CC1CCC(C(=O)C2CN(C)CCO2)CC1. The van der Waals surface area contributed by atoms with Gasteiger partial charge < -0.3 is 9.64 Å². The Balaban J connectivity index is 1.86. The van der Waals surface area contributed by atoms with Gasteiger partial charge in [0.15, 0.2) is 5.78 Å². The monoisotopic (exact) mass is 225 g/mol. The van der Waals surface area contributed by atoms with Crippen molar-refractivity contribution in [1.82, 2.24) is 4.90 Å². The van der Waals surface area contributed by atoms with Crippen molar-refractivity contribution in [2.75, 3.05) is 26.7 Å². The van der Waals surface area contributed by atoms with Crippen molar-refractivity contribution in [2.45, 2.75) is 38.7 Å². The fourth-order valence-electron chi connectivity index (χ4n) is 2.76. The van der Waals surface area contributed by atoms with Crippen molar-refractivity contribution in [2.24, 2.45) is 11.8 Å². The third kappa shape index (κ3) is 2.83. The first kappa shape index (κ1) is 12.1. The van der Waals surface area contributed by atoms with E-state index in [0.29, 0.717) is 12.4 Å². The summed E-state index contributed by atoms with van der Waals surface area (Å²) in [5.41, 5.74) is 0. The minimum absolute atomic E-state index is 0.155. The van der Waals surface area contributed by atoms with Crippen molar-refractivity contribution in [3.63, 3.8) is 0 Å². The van der Waals surface area contributed by atoms with Gasteiger partial charge in [-0.05, 0) is 25.8 Å². The second-order valence-corrected chi connectivity index (χ2v) is 5.48. The zero-order chi connectivity index (χ0) is 11.5. The van der Waals surface area contributed by atoms with Crippen LogP contribution in [0.3, 0.4) is 0 Å². The van der Waals surface area contributed by atoms with Crippen LogP contribution >= 0.6 is 0 Å². The molecular weight excluding hydrogens is 202 g/mol. The highest BCUT2D eigenvalue weighted by Gasteiger charge is 2.32. The molecule has 3 heteroatoms. The topological polar surface area (TPSA) is 29.5 Å². The van der Waals surface area contributed by atoms with Crippen molar-refractivity contribution in [3.8, 4) is 0 Å². The van der Waals surface area contributed by atoms with Crippen molar-refractivity contribution < 1.29 is 9.53 Å². The third-order valence-electron chi connectivity index (χ3n) is 4.01. The van der Waals surface area contributed by atoms with E-state index < -0.39 is 0 Å². The molecule has 16 heavy (non-hydrogen) atoms. The summed E-state index contributed by atoms with van der Waals surface area (Å²) < 4.78 is 5.60. The second kappa shape index (κ2) is 5.28. The molecule has 0 aromatic rings. The summed E-state index contributed by atoms with van der Waals surface area (Å²) in [5, 5.41) is 0. The molecule has 0 N–H and O–H groups in total. The maximum atomic E-state index is 12.3. The molecule has 0 aromatic carbocycles. The van der Waals surface area contributed by atoms with E-state index in [4.69, 9.17) is 4.74 Å². The fourth-order valence-corrected chi connectivity index (χ4v) is 2.76. The summed E-state index contributed by atoms with van der Waals surface area (Å²) in [7, 11) is 2.06. The van der Waals surface area contributed by atoms with Gasteiger partial charge in [-0.25, -0.2) is 0 Å². The highest BCUT2D eigenvalue weighted by molar-refractivity contribution is 5.85. The quantitative estimate of drug-likeness (QED) is 0.716. The van der Waals surface area contributed by atoms with Crippen LogP contribution in [0.15, 0.2) is 0 Å². The Morgan fingerprint density at radius 2 is 1.94 bits per heavy atom. The lowest BCUT2D eigenvalue weighted by molar-refractivity contribution is -0.140. The lowest BCUT2D eigenvalue weighted by Gasteiger charge is -2.33. The maximum Gasteiger partial charge on any atom is 0.165 e. The van der Waals surface area contributed by atoms with Crippen LogP contribution in [0.4, 0.5) is 0 Å². The summed E-state index contributed by atoms with van der Waals surface area (Å²) in [6, 6.07) is 0. The van der Waals surface area contributed by atoms with Gasteiger partial charge in [0.2, 0.25) is 0 Å². The Morgan fingerprint density at radius 1 is 1.25 bits per heavy atom. The number of ether oxygens (including phenoxy) is 1. The normalized spacial score (nSPS) is 37.2. The van der Waals surface area contributed by atoms with Crippen LogP contribution in [-0.4, -0.2) is 43.5 Å². The van der Waals surface area contributed by atoms with E-state index in [-0.39, 0.29) is 12.0 Å². The van der Waals surface area contributed by atoms with Crippen LogP contribution in [0.5, 0.6) is 0 Å². The highest BCUT2D eigenvalue weighted by atomic mass is 16.5. The van der Waals surface area contributed by atoms with Crippen LogP contribution in [0, 0.1) is 11.8 Å². The molecular formula is C13H23NO2. The number of rotatable bonds is 2. The molecule has 0 bridgehead atoms. The number of carbonyl (C=O) groups excluding carboxylic acids is 1. The molecule has 1 atom stereocenters. The lowest BCUT2D eigenvalue weighted by atomic mass is 9.79. The van der Waals surface area contributed by atoms with Gasteiger partial charge in [0.1, 0.15) is 6.10 Å². The number of likely N-dealkylation sites (N-methyl/N-ethyl adjacent to an activating group) is 1. The van der Waals surface area contributed by atoms with E-state index in [0.717, 1.165) is 31.8 Å². The van der Waals surface area contributed by atoms with Crippen molar-refractivity contribution >= 4 is 5.78 Å². The first-order valence-corrected chi connectivity index (χ1v) is 6.50. The van der Waals surface area contributed by atoms with Gasteiger partial charge in [-0.1, -0.05) is 19.8 Å². The van der Waals surface area contributed by atoms with Crippen LogP contribution in [-0.2, 0) is 9.53 Å². The van der Waals surface area contributed by atoms with E-state index in [9.17, 15) is 4.79 Å². The van der Waals surface area contributed by atoms with E-state index in [1.165, 1.54) is 12.8 Å². The third-order valence-corrected chi connectivity index (χ3v) is 4.01. The minimum atomic E-state index is -0.155. The molecule has 0 amide bonds. The number of ketones is 1. The van der Waals surface area contributed by atoms with Crippen molar-refractivity contribution in [1.29, 1.82) is 0 Å². The zero-order valence-corrected chi connectivity index (χ0v) is 10.4. The number of morpholine rings is 1. The average molecular weight is 225 g/mol. The molecule has 1 unspecified atom stereocenters. The summed E-state index contributed by atoms with van der Waals surface area (Å²) in [6.07, 6.45) is 4.41. The number of nitrogens with zero attached hydrogens (tertiary/aromatic N) is 1. The standard InChI is InChI=1S/C13H23NO2/c1-10-3-5-11(6-4-10)13(15)12-9-14(2)7-8-16-12/h10-12H,3-9H2,1-2H3. The first-order chi connectivity index (χ1) is 7.66. The number of Topliss-reactive ketones (excluding diaryl/α,β-unsaturated/α-hetero) is 1. The molecule has 3 nitrogen and oxygen atoms in total. The van der Waals surface area contributed by atoms with E-state index >= 15 is 0 Å². The zero-order valence-electron chi connectivity index (χ0n) is 10.4. The Kier molecular flexibility index (Phi) is 3.98. The van der Waals surface area contributed by atoms with Gasteiger partial charge in [0, 0.05) is 19.0 Å². The fraction of sp³-hybridized carbons (Fsp3) is 0.923. The molecule has 1 aliphatic carbocycles. The van der Waals surface area contributed by atoms with Crippen LogP contribution in [0.25, 0.3) is 0 Å². The van der Waals surface area contributed by atoms with Crippen LogP contribution < -0.4 is 0 Å². The first-order valence-electron chi connectivity index (χ1n) is 6.50. The predicted molar refractivity (Wildman–Crippen MR) is 63.4 cm³/mol. The van der Waals surface area contributed by atoms with E-state index in [1.54, 1.807) is 0 Å². The number of hydrogen-bond acceptors (Lipinski definition) is 3. The Bertz CT molecular complexity index is 246. The number of carbonyl (C=O) groups is 1. The van der Waals surface area contributed by atoms with Gasteiger partial charge in [-0.2, -0.15) is 0 Å². The number of hydrogen-bond donors (Lipinski definition) is 0. The average Bonchev–Trinajstić information content (AvgIpc) is 2.29. The molecule has 0 spiro atoms. The predicted octanol–water partition coefficient (Wildman–Crippen LogP) is 1.71. The molecule has 2 fully saturated rings. The van der Waals surface area contributed by atoms with Gasteiger partial charge in [0.25, 0.3) is 0 Å². The largest absolute Gasteiger partial charge is 0.368 e. The Hall–Kier alpha value is -0.410. The summed E-state index contributed by atoms with van der Waals surface area (Å²) in [5.74, 6) is 1.44. The minimum Gasteiger partial charge on any atom is -0.368 e. The Labute approximate surface area is 98.1 Å². The van der Waals surface area contributed by atoms with Crippen LogP contribution in [0.2, 0.25) is 0 Å². The molecule has 2 aliphatic rings. The van der Waals surface area contributed by atoms with Crippen LogP contribution in [0.1, 0.15) is 32.6 Å². The lowest BCUT2D eigenvalue weighted by Crippen LogP contribution is -2.46. The molecule has 1 heterocycles. The molecule has 1 saturated heterocycles. The smallest absolute Gasteiger partial charge is 0.165 e. The summed E-state index contributed by atoms with van der Waals surface area (Å²) in [6.45, 7) is 4.72. The van der Waals surface area contributed by atoms with Gasteiger partial charge in [-0.15, -0.1) is 0 Å². The van der Waals surface area contributed by atoms with Crippen molar-refractivity contribution in [3.05, 3.63) is 0 Å². The van der Waals surface area contributed by atoms with E-state index in [2.05, 4.69) is 18.9 Å². The van der Waals surface area contributed by atoms with Gasteiger partial charge in [-0.3, -0.25) is 4.79 Å². The maximum absolute atomic E-state index is 12.3. The second-order valence-electron chi connectivity index (χ2n) is 5.48. The molecule has 1 saturated carbocycles. The molecule has 0 radical (unpaired) electrons. The molecule has 1 aliphatic heterocycles. The summed E-state index contributed by atoms with van der Waals surface area (Å²) in [4.78, 5) is 14.4. The van der Waals surface area contributed by atoms with Gasteiger partial charge >= 0.3 is 0 Å². The Morgan fingerprint density at radius 3 is 2.56 bits per heavy atom. The molecule has 0 aromatic heterocycles. The molecule has 92 valence electrons. The van der Waals surface area contributed by atoms with Gasteiger partial charge in [0.05, 0.1) is 6.61 Å². The summed E-state index contributed by atoms with van der Waals surface area (Å²) >= 11 is 0. The highest BCUT2D eigenvalue weighted by Crippen LogP contribution is 2.30. The van der Waals surface area contributed by atoms with E-state index in [1.807, 2.05) is 0 Å².